The number of hydrogen-bond acceptors (Lipinski definition) is 0. The van der Waals surface area contributed by atoms with Crippen LogP contribution in [0.3, 0.4) is 0 Å². The Bertz CT molecular complexity index is 479. The fraction of sp³-hybridized carbons (Fsp3) is 0.143. The zero-order chi connectivity index (χ0) is 11.5. The van der Waals surface area contributed by atoms with Gasteiger partial charge in [-0.15, -0.1) is 0 Å². The second-order valence-corrected chi connectivity index (χ2v) is 4.70. The zero-order valence-corrected chi connectivity index (χ0v) is 10.5. The summed E-state index contributed by atoms with van der Waals surface area (Å²) in [7, 11) is 0. The molecule has 0 aliphatic rings. The fourth-order valence-electron chi connectivity index (χ4n) is 1.58. The fourth-order valence-corrected chi connectivity index (χ4v) is 2.17. The molecule has 0 bridgehead atoms. The summed E-state index contributed by atoms with van der Waals surface area (Å²) in [5, 5.41) is 0. The van der Waals surface area contributed by atoms with E-state index in [1.165, 1.54) is 0 Å². The molecule has 0 saturated carbocycles. The minimum absolute atomic E-state index is 0.0452. The Morgan fingerprint density at radius 1 is 1.00 bits per heavy atom. The van der Waals surface area contributed by atoms with Crippen LogP contribution < -0.4 is 0 Å². The van der Waals surface area contributed by atoms with E-state index in [4.69, 9.17) is 0 Å². The molecule has 2 aromatic carbocycles. The standard InChI is InChI=1S/C14H12BrF/c1-10-7-8-12(9-13(10)16)14(15)11-5-3-2-4-6-11/h2-9,14H,1H3. The van der Waals surface area contributed by atoms with Crippen molar-refractivity contribution in [1.82, 2.24) is 0 Å². The van der Waals surface area contributed by atoms with Crippen molar-refractivity contribution >= 4 is 15.9 Å². The largest absolute Gasteiger partial charge is 0.207 e. The zero-order valence-electron chi connectivity index (χ0n) is 8.95. The Hall–Kier alpha value is -1.15. The maximum atomic E-state index is 13.4. The lowest BCUT2D eigenvalue weighted by Crippen LogP contribution is -1.94. The highest BCUT2D eigenvalue weighted by Gasteiger charge is 2.11. The predicted molar refractivity (Wildman–Crippen MR) is 68.3 cm³/mol. The van der Waals surface area contributed by atoms with Crippen LogP contribution >= 0.6 is 15.9 Å². The van der Waals surface area contributed by atoms with Gasteiger partial charge in [-0.2, -0.15) is 0 Å². The van der Waals surface area contributed by atoms with Crippen LogP contribution in [0, 0.1) is 12.7 Å². The normalized spacial score (nSPS) is 12.4. The monoisotopic (exact) mass is 278 g/mol. The van der Waals surface area contributed by atoms with Crippen molar-refractivity contribution in [2.75, 3.05) is 0 Å². The molecule has 2 rings (SSSR count). The van der Waals surface area contributed by atoms with Gasteiger partial charge < -0.3 is 0 Å². The lowest BCUT2D eigenvalue weighted by atomic mass is 10.0. The van der Waals surface area contributed by atoms with Gasteiger partial charge in [-0.1, -0.05) is 58.4 Å². The molecule has 0 aliphatic carbocycles. The predicted octanol–water partition coefficient (Wildman–Crippen LogP) is 4.62. The molecular weight excluding hydrogens is 267 g/mol. The van der Waals surface area contributed by atoms with Crippen LogP contribution in [0.4, 0.5) is 4.39 Å². The minimum Gasteiger partial charge on any atom is -0.207 e. The first kappa shape index (κ1) is 11.3. The summed E-state index contributed by atoms with van der Waals surface area (Å²) < 4.78 is 13.4. The van der Waals surface area contributed by atoms with Crippen LogP contribution in [0.1, 0.15) is 21.5 Å². The molecule has 1 unspecified atom stereocenters. The van der Waals surface area contributed by atoms with Crippen LogP contribution in [-0.4, -0.2) is 0 Å². The summed E-state index contributed by atoms with van der Waals surface area (Å²) in [6, 6.07) is 15.3. The molecule has 2 aromatic rings. The molecular formula is C14H12BrF. The summed E-state index contributed by atoms with van der Waals surface area (Å²) in [6.45, 7) is 1.77. The Labute approximate surface area is 103 Å². The van der Waals surface area contributed by atoms with E-state index in [0.29, 0.717) is 5.56 Å². The van der Waals surface area contributed by atoms with Crippen LogP contribution in [-0.2, 0) is 0 Å². The summed E-state index contributed by atoms with van der Waals surface area (Å²) in [6.07, 6.45) is 0. The first-order chi connectivity index (χ1) is 7.68. The number of aryl methyl sites for hydroxylation is 1. The van der Waals surface area contributed by atoms with E-state index in [2.05, 4.69) is 15.9 Å². The molecule has 0 aromatic heterocycles. The van der Waals surface area contributed by atoms with Crippen LogP contribution in [0.2, 0.25) is 0 Å². The summed E-state index contributed by atoms with van der Waals surface area (Å²) in [5.74, 6) is -0.155. The Balaban J connectivity index is 2.34. The van der Waals surface area contributed by atoms with Crippen molar-refractivity contribution in [2.45, 2.75) is 11.8 Å². The third-order valence-electron chi connectivity index (χ3n) is 2.58. The van der Waals surface area contributed by atoms with E-state index in [1.54, 1.807) is 13.0 Å². The van der Waals surface area contributed by atoms with Crippen molar-refractivity contribution in [2.24, 2.45) is 0 Å². The van der Waals surface area contributed by atoms with Crippen molar-refractivity contribution in [3.8, 4) is 0 Å². The van der Waals surface area contributed by atoms with E-state index in [1.807, 2.05) is 42.5 Å². The van der Waals surface area contributed by atoms with E-state index in [0.717, 1.165) is 11.1 Å². The highest BCUT2D eigenvalue weighted by Crippen LogP contribution is 2.31. The molecule has 0 radical (unpaired) electrons. The molecule has 0 aliphatic heterocycles. The third-order valence-corrected chi connectivity index (χ3v) is 3.64. The molecule has 0 heterocycles. The number of halogens is 2. The molecule has 16 heavy (non-hydrogen) atoms. The van der Waals surface area contributed by atoms with Gasteiger partial charge >= 0.3 is 0 Å². The molecule has 82 valence electrons. The molecule has 0 saturated heterocycles. The average molecular weight is 279 g/mol. The van der Waals surface area contributed by atoms with Crippen LogP contribution in [0.5, 0.6) is 0 Å². The molecule has 2 heteroatoms. The van der Waals surface area contributed by atoms with Crippen molar-refractivity contribution in [1.29, 1.82) is 0 Å². The van der Waals surface area contributed by atoms with Gasteiger partial charge in [0.25, 0.3) is 0 Å². The summed E-state index contributed by atoms with van der Waals surface area (Å²) in [5.41, 5.74) is 2.75. The smallest absolute Gasteiger partial charge is 0.126 e. The van der Waals surface area contributed by atoms with Gasteiger partial charge in [0.15, 0.2) is 0 Å². The van der Waals surface area contributed by atoms with E-state index >= 15 is 0 Å². The topological polar surface area (TPSA) is 0 Å². The maximum Gasteiger partial charge on any atom is 0.126 e. The Kier molecular flexibility index (Phi) is 3.39. The van der Waals surface area contributed by atoms with Gasteiger partial charge in [0.05, 0.1) is 4.83 Å². The Morgan fingerprint density at radius 3 is 2.31 bits per heavy atom. The second-order valence-electron chi connectivity index (χ2n) is 3.78. The van der Waals surface area contributed by atoms with Gasteiger partial charge in [0.2, 0.25) is 0 Å². The van der Waals surface area contributed by atoms with E-state index in [-0.39, 0.29) is 10.6 Å². The van der Waals surface area contributed by atoms with E-state index in [9.17, 15) is 4.39 Å². The van der Waals surface area contributed by atoms with Crippen molar-refractivity contribution in [3.05, 3.63) is 71.0 Å². The average Bonchev–Trinajstić information content (AvgIpc) is 2.33. The molecule has 0 amide bonds. The van der Waals surface area contributed by atoms with Gasteiger partial charge in [0, 0.05) is 0 Å². The third kappa shape index (κ3) is 2.33. The van der Waals surface area contributed by atoms with Gasteiger partial charge in [-0.25, -0.2) is 4.39 Å². The van der Waals surface area contributed by atoms with Crippen LogP contribution in [0.25, 0.3) is 0 Å². The highest BCUT2D eigenvalue weighted by atomic mass is 79.9. The first-order valence-electron chi connectivity index (χ1n) is 5.13. The van der Waals surface area contributed by atoms with Gasteiger partial charge in [-0.05, 0) is 29.7 Å². The summed E-state index contributed by atoms with van der Waals surface area (Å²) >= 11 is 3.59. The van der Waals surface area contributed by atoms with Crippen molar-refractivity contribution in [3.63, 3.8) is 0 Å². The SMILES string of the molecule is Cc1ccc(C(Br)c2ccccc2)cc1F. The van der Waals surface area contributed by atoms with Gasteiger partial charge in [0.1, 0.15) is 5.82 Å². The lowest BCUT2D eigenvalue weighted by molar-refractivity contribution is 0.616. The number of hydrogen-bond donors (Lipinski definition) is 0. The maximum absolute atomic E-state index is 13.4. The van der Waals surface area contributed by atoms with Gasteiger partial charge in [-0.3, -0.25) is 0 Å². The minimum atomic E-state index is -0.155. The number of alkyl halides is 1. The molecule has 0 nitrogen and oxygen atoms in total. The van der Waals surface area contributed by atoms with E-state index < -0.39 is 0 Å². The quantitative estimate of drug-likeness (QED) is 0.704. The lowest BCUT2D eigenvalue weighted by Gasteiger charge is -2.11. The summed E-state index contributed by atoms with van der Waals surface area (Å²) in [4.78, 5) is 0.0452. The number of rotatable bonds is 2. The first-order valence-corrected chi connectivity index (χ1v) is 6.05. The molecule has 0 spiro atoms. The van der Waals surface area contributed by atoms with Crippen LogP contribution in [0.15, 0.2) is 48.5 Å². The highest BCUT2D eigenvalue weighted by molar-refractivity contribution is 9.09. The van der Waals surface area contributed by atoms with Crippen molar-refractivity contribution < 1.29 is 4.39 Å². The molecule has 0 N–H and O–H groups in total. The Morgan fingerprint density at radius 2 is 1.69 bits per heavy atom. The number of benzene rings is 2. The molecule has 1 atom stereocenters. The molecule has 0 fully saturated rings. The second kappa shape index (κ2) is 4.79.